The highest BCUT2D eigenvalue weighted by Gasteiger charge is 2.31. The summed E-state index contributed by atoms with van der Waals surface area (Å²) in [7, 11) is 1.23. The van der Waals surface area contributed by atoms with Gasteiger partial charge in [0.2, 0.25) is 0 Å². The molecule has 0 radical (unpaired) electrons. The second kappa shape index (κ2) is 16.0. The zero-order valence-corrected chi connectivity index (χ0v) is 29.5. The Labute approximate surface area is 282 Å². The van der Waals surface area contributed by atoms with Crippen molar-refractivity contribution in [3.8, 4) is 0 Å². The number of aryl methyl sites for hydroxylation is 1. The average molecular weight is 717 g/mol. The fraction of sp³-hybridized carbons (Fsp3) is 0.581. The van der Waals surface area contributed by atoms with E-state index in [0.29, 0.717) is 23.9 Å². The number of aliphatic hydroxyl groups excluding tert-OH is 1. The summed E-state index contributed by atoms with van der Waals surface area (Å²) in [4.78, 5) is 38.3. The number of thiazole rings is 1. The molecule has 4 rings (SSSR count). The van der Waals surface area contributed by atoms with Gasteiger partial charge in [0.1, 0.15) is 28.7 Å². The van der Waals surface area contributed by atoms with Gasteiger partial charge in [-0.15, -0.1) is 0 Å². The van der Waals surface area contributed by atoms with Crippen LogP contribution in [0.4, 0.5) is 19.0 Å². The van der Waals surface area contributed by atoms with E-state index in [4.69, 9.17) is 19.9 Å². The van der Waals surface area contributed by atoms with E-state index >= 15 is 0 Å². The Kier molecular flexibility index (Phi) is 13.0. The molecule has 0 spiro atoms. The number of carboxylic acid groups (broad SMARTS) is 1. The number of fused-ring (bicyclic) bond motifs is 2. The van der Waals surface area contributed by atoms with Gasteiger partial charge >= 0.3 is 16.4 Å². The van der Waals surface area contributed by atoms with Gasteiger partial charge in [0.05, 0.1) is 20.2 Å². The first-order valence-electron chi connectivity index (χ1n) is 15.4. The SMILES string of the molecule is CN(C)S(=O)(=O)Nc1ccc([C@@H](CC[NH+](C)CCO)CC(=O)c2nc3cc4c(nc3s2)CC[C@H](C(C)(C)C)C4)cn1.O=C([O-])C(F)(F)F. The van der Waals surface area contributed by atoms with Crippen LogP contribution in [0.1, 0.15) is 72.6 Å². The predicted octanol–water partition coefficient (Wildman–Crippen LogP) is 2.01. The number of carbonyl (C=O) groups is 2. The number of alkyl halides is 3. The third kappa shape index (κ3) is 10.9. The minimum absolute atomic E-state index is 0.0410. The Morgan fingerprint density at radius 2 is 1.85 bits per heavy atom. The first-order chi connectivity index (χ1) is 22.2. The molecule has 12 nitrogen and oxygen atoms in total. The Bertz CT molecular complexity index is 1670. The zero-order valence-electron chi connectivity index (χ0n) is 27.8. The van der Waals surface area contributed by atoms with Gasteiger partial charge in [0, 0.05) is 38.8 Å². The van der Waals surface area contributed by atoms with Crippen molar-refractivity contribution in [1.82, 2.24) is 19.3 Å². The van der Waals surface area contributed by atoms with Crippen LogP contribution in [0.3, 0.4) is 0 Å². The summed E-state index contributed by atoms with van der Waals surface area (Å²) >= 11 is 1.36. The van der Waals surface area contributed by atoms with E-state index in [9.17, 15) is 31.5 Å². The lowest BCUT2D eigenvalue weighted by atomic mass is 9.71. The Hall–Kier alpha value is -3.25. The maximum atomic E-state index is 13.6. The summed E-state index contributed by atoms with van der Waals surface area (Å²) in [6.07, 6.45) is 0.454. The lowest BCUT2D eigenvalue weighted by Crippen LogP contribution is -3.09. The van der Waals surface area contributed by atoms with Crippen LogP contribution in [0, 0.1) is 11.3 Å². The molecule has 48 heavy (non-hydrogen) atoms. The number of aromatic nitrogens is 3. The molecule has 266 valence electrons. The van der Waals surface area contributed by atoms with Crippen molar-refractivity contribution in [3.05, 3.63) is 46.2 Å². The number of nitrogens with zero attached hydrogens (tertiary/aromatic N) is 4. The molecule has 3 atom stereocenters. The maximum absolute atomic E-state index is 13.6. The average Bonchev–Trinajstić information content (AvgIpc) is 3.40. The number of likely N-dealkylation sites (N-methyl/N-ethyl adjacent to an activating group) is 1. The number of carboxylic acids is 1. The number of nitrogens with one attached hydrogen (secondary N) is 2. The molecular weight excluding hydrogens is 674 g/mol. The van der Waals surface area contributed by atoms with Crippen molar-refractivity contribution in [2.24, 2.45) is 11.3 Å². The highest BCUT2D eigenvalue weighted by molar-refractivity contribution is 7.90. The summed E-state index contributed by atoms with van der Waals surface area (Å²) in [5.41, 5.74) is 4.25. The van der Waals surface area contributed by atoms with Crippen molar-refractivity contribution in [2.75, 3.05) is 45.6 Å². The van der Waals surface area contributed by atoms with Crippen LogP contribution in [0.15, 0.2) is 24.4 Å². The van der Waals surface area contributed by atoms with Gasteiger partial charge in [-0.25, -0.2) is 15.0 Å². The molecule has 0 bridgehead atoms. The first-order valence-corrected chi connectivity index (χ1v) is 17.7. The number of hydrogen-bond acceptors (Lipinski definition) is 10. The van der Waals surface area contributed by atoms with Crippen LogP contribution in [-0.2, 0) is 27.8 Å². The maximum Gasteiger partial charge on any atom is 0.430 e. The topological polar surface area (TPSA) is 170 Å². The fourth-order valence-electron chi connectivity index (χ4n) is 5.24. The normalized spacial score (nSPS) is 16.5. The second-order valence-corrected chi connectivity index (χ2v) is 16.1. The Balaban J connectivity index is 0.000000804. The van der Waals surface area contributed by atoms with E-state index in [-0.39, 0.29) is 36.0 Å². The van der Waals surface area contributed by atoms with Crippen LogP contribution in [0.25, 0.3) is 10.3 Å². The summed E-state index contributed by atoms with van der Waals surface area (Å²) in [6.45, 7) is 8.35. The molecule has 0 saturated heterocycles. The fourth-order valence-corrected chi connectivity index (χ4v) is 6.69. The number of aliphatic hydroxyl groups is 1. The lowest BCUT2D eigenvalue weighted by Gasteiger charge is -2.34. The summed E-state index contributed by atoms with van der Waals surface area (Å²) in [5.74, 6) is -2.37. The van der Waals surface area contributed by atoms with Gasteiger partial charge in [-0.2, -0.15) is 25.9 Å². The second-order valence-electron chi connectivity index (χ2n) is 13.2. The Morgan fingerprint density at radius 1 is 1.19 bits per heavy atom. The minimum Gasteiger partial charge on any atom is -0.542 e. The lowest BCUT2D eigenvalue weighted by molar-refractivity contribution is -0.880. The summed E-state index contributed by atoms with van der Waals surface area (Å²) in [6, 6.07) is 5.57. The summed E-state index contributed by atoms with van der Waals surface area (Å²) < 4.78 is 59.4. The molecule has 3 N–H and O–H groups in total. The molecular formula is C31H43F3N6O6S2. The number of aliphatic carboxylic acids is 1. The van der Waals surface area contributed by atoms with E-state index in [1.807, 2.05) is 13.1 Å². The van der Waals surface area contributed by atoms with Gasteiger partial charge < -0.3 is 19.9 Å². The largest absolute Gasteiger partial charge is 0.542 e. The molecule has 0 amide bonds. The highest BCUT2D eigenvalue weighted by Crippen LogP contribution is 2.38. The summed E-state index contributed by atoms with van der Waals surface area (Å²) in [5, 5.41) is 18.6. The molecule has 3 heterocycles. The molecule has 1 aliphatic carbocycles. The monoisotopic (exact) mass is 716 g/mol. The molecule has 0 fully saturated rings. The van der Waals surface area contributed by atoms with Crippen LogP contribution in [-0.4, -0.2) is 91.5 Å². The van der Waals surface area contributed by atoms with E-state index in [1.165, 1.54) is 31.0 Å². The molecule has 0 aromatic carbocycles. The van der Waals surface area contributed by atoms with Crippen molar-refractivity contribution in [2.45, 2.75) is 65.0 Å². The number of rotatable bonds is 12. The number of halogens is 3. The van der Waals surface area contributed by atoms with Crippen molar-refractivity contribution in [1.29, 1.82) is 0 Å². The van der Waals surface area contributed by atoms with Gasteiger partial charge in [0.25, 0.3) is 0 Å². The number of ketones is 1. The van der Waals surface area contributed by atoms with Crippen molar-refractivity contribution >= 4 is 49.5 Å². The molecule has 3 aromatic rings. The minimum atomic E-state index is -5.19. The van der Waals surface area contributed by atoms with E-state index < -0.39 is 22.4 Å². The number of quaternary nitrogens is 1. The standard InChI is InChI=1S/C29H42N6O4S2.C2HF3O2/c1-29(2,3)22-8-9-23-21(15-22)16-24-27(31-23)40-28(32-24)25(37)17-19(11-12-35(6)13-14-36)20-7-10-26(30-18-20)33-41(38,39)34(4)5;3-2(4,5)1(6)7/h7,10,16,18-19,22,36H,8-9,11-15,17H2,1-6H3,(H,30,33);(H,6,7)/t19-,22-;/m0./s1. The van der Waals surface area contributed by atoms with Crippen molar-refractivity contribution < 1.29 is 46.3 Å². The molecule has 0 aliphatic heterocycles. The number of hydrogen-bond donors (Lipinski definition) is 3. The van der Waals surface area contributed by atoms with Crippen LogP contribution in [0.5, 0.6) is 0 Å². The zero-order chi connectivity index (χ0) is 36.0. The Morgan fingerprint density at radius 3 is 2.40 bits per heavy atom. The first kappa shape index (κ1) is 39.2. The molecule has 17 heteroatoms. The number of Topliss-reactive ketones (excluding diaryl/α,β-unsaturated/α-hetero) is 1. The van der Waals surface area contributed by atoms with E-state index in [0.717, 1.165) is 56.6 Å². The highest BCUT2D eigenvalue weighted by atomic mass is 32.2. The van der Waals surface area contributed by atoms with Crippen molar-refractivity contribution in [3.63, 3.8) is 0 Å². The van der Waals surface area contributed by atoms with Crippen LogP contribution in [0.2, 0.25) is 0 Å². The van der Waals surface area contributed by atoms with E-state index in [1.54, 1.807) is 12.3 Å². The molecule has 1 aliphatic rings. The van der Waals surface area contributed by atoms with Gasteiger partial charge in [-0.1, -0.05) is 38.2 Å². The van der Waals surface area contributed by atoms with Gasteiger partial charge in [0.15, 0.2) is 10.8 Å². The smallest absolute Gasteiger partial charge is 0.430 e. The number of carbonyl (C=O) groups excluding carboxylic acids is 2. The molecule has 0 saturated carbocycles. The van der Waals surface area contributed by atoms with E-state index in [2.05, 4.69) is 36.5 Å². The quantitative estimate of drug-likeness (QED) is 0.238. The third-order valence-electron chi connectivity index (χ3n) is 8.31. The van der Waals surface area contributed by atoms with Crippen LogP contribution < -0.4 is 14.7 Å². The molecule has 3 aromatic heterocycles. The van der Waals surface area contributed by atoms with Gasteiger partial charge in [-0.05, 0) is 59.8 Å². The predicted molar refractivity (Wildman–Crippen MR) is 174 cm³/mol. The molecule has 1 unspecified atom stereocenters. The number of pyridine rings is 2. The van der Waals surface area contributed by atoms with Crippen LogP contribution >= 0.6 is 11.3 Å². The van der Waals surface area contributed by atoms with Gasteiger partial charge in [-0.3, -0.25) is 9.52 Å². The third-order valence-corrected chi connectivity index (χ3v) is 10.7. The number of anilines is 1.